The number of fused-ring (bicyclic) bond motifs is 3. The SMILES string of the molecule is [2H]C([2H])([2H])c1cc(C)[n+](C)c(-c2c(C)ccc3c2[Si](C)(C)c2ccc(C#N)cc2-3)c1. The minimum absolute atomic E-state index is 0.367. The lowest BCUT2D eigenvalue weighted by atomic mass is 9.96. The highest BCUT2D eigenvalue weighted by Crippen LogP contribution is 2.35. The molecular formula is C24H25N2Si+. The molecule has 3 heteroatoms. The molecule has 4 rings (SSSR count). The predicted molar refractivity (Wildman–Crippen MR) is 114 cm³/mol. The fourth-order valence-corrected chi connectivity index (χ4v) is 7.96. The zero-order valence-corrected chi connectivity index (χ0v) is 17.4. The molecular weight excluding hydrogens is 344 g/mol. The Hall–Kier alpha value is -2.70. The third-order valence-electron chi connectivity index (χ3n) is 5.95. The Bertz CT molecular complexity index is 1250. The number of nitrogens with zero attached hydrogens (tertiary/aromatic N) is 2. The van der Waals surface area contributed by atoms with Crippen LogP contribution in [0.25, 0.3) is 22.4 Å². The average molecular weight is 373 g/mol. The molecule has 2 aromatic carbocycles. The van der Waals surface area contributed by atoms with Crippen molar-refractivity contribution in [1.29, 1.82) is 5.26 Å². The summed E-state index contributed by atoms with van der Waals surface area (Å²) in [6.45, 7) is 6.58. The molecule has 0 saturated heterocycles. The largest absolute Gasteiger partial charge is 0.212 e. The maximum absolute atomic E-state index is 9.40. The van der Waals surface area contributed by atoms with Crippen LogP contribution in [0.5, 0.6) is 0 Å². The van der Waals surface area contributed by atoms with Crippen molar-refractivity contribution in [3.8, 4) is 28.5 Å². The molecule has 0 radical (unpaired) electrons. The van der Waals surface area contributed by atoms with Crippen molar-refractivity contribution in [3.05, 3.63) is 64.8 Å². The van der Waals surface area contributed by atoms with E-state index in [1.165, 1.54) is 15.9 Å². The molecule has 1 aliphatic rings. The molecule has 0 bridgehead atoms. The Kier molecular flexibility index (Phi) is 3.14. The van der Waals surface area contributed by atoms with Gasteiger partial charge in [0.05, 0.1) is 11.6 Å². The van der Waals surface area contributed by atoms with E-state index in [1.807, 2.05) is 32.2 Å². The lowest BCUT2D eigenvalue weighted by molar-refractivity contribution is -0.666. The van der Waals surface area contributed by atoms with Gasteiger partial charge in [-0.15, -0.1) is 0 Å². The summed E-state index contributed by atoms with van der Waals surface area (Å²) in [7, 11) is -0.0456. The van der Waals surface area contributed by atoms with Gasteiger partial charge in [0, 0.05) is 28.7 Å². The van der Waals surface area contributed by atoms with E-state index in [4.69, 9.17) is 4.11 Å². The minimum atomic E-state index is -2.16. The predicted octanol–water partition coefficient (Wildman–Crippen LogP) is 3.78. The van der Waals surface area contributed by atoms with Crippen LogP contribution >= 0.6 is 0 Å². The van der Waals surface area contributed by atoms with Gasteiger partial charge in [0.25, 0.3) is 0 Å². The number of aromatic nitrogens is 1. The molecule has 1 aromatic heterocycles. The first-order valence-electron chi connectivity index (χ1n) is 10.7. The fraction of sp³-hybridized carbons (Fsp3) is 0.250. The van der Waals surface area contributed by atoms with Crippen LogP contribution in [0.4, 0.5) is 0 Å². The summed E-state index contributed by atoms with van der Waals surface area (Å²) in [5, 5.41) is 12.1. The summed E-state index contributed by atoms with van der Waals surface area (Å²) >= 11 is 0. The monoisotopic (exact) mass is 372 g/mol. The fourth-order valence-electron chi connectivity index (χ4n) is 4.46. The molecule has 134 valence electrons. The van der Waals surface area contributed by atoms with Crippen LogP contribution < -0.4 is 14.9 Å². The van der Waals surface area contributed by atoms with Gasteiger partial charge in [-0.1, -0.05) is 31.3 Å². The number of aryl methyl sites for hydroxylation is 3. The number of hydrogen-bond donors (Lipinski definition) is 0. The summed E-state index contributed by atoms with van der Waals surface area (Å²) in [5.41, 5.74) is 7.48. The van der Waals surface area contributed by atoms with Crippen molar-refractivity contribution in [2.45, 2.75) is 33.8 Å². The Morgan fingerprint density at radius 2 is 1.81 bits per heavy atom. The molecule has 0 spiro atoms. The Morgan fingerprint density at radius 3 is 2.52 bits per heavy atom. The second-order valence-electron chi connectivity index (χ2n) is 8.01. The highest BCUT2D eigenvalue weighted by Gasteiger charge is 2.41. The molecule has 0 atom stereocenters. The summed E-state index contributed by atoms with van der Waals surface area (Å²) in [4.78, 5) is 0. The Labute approximate surface area is 167 Å². The van der Waals surface area contributed by atoms with Gasteiger partial charge in [0.1, 0.15) is 15.1 Å². The average Bonchev–Trinajstić information content (AvgIpc) is 2.90. The van der Waals surface area contributed by atoms with E-state index in [9.17, 15) is 5.26 Å². The van der Waals surface area contributed by atoms with Crippen LogP contribution in [0.3, 0.4) is 0 Å². The molecule has 0 fully saturated rings. The van der Waals surface area contributed by atoms with E-state index in [2.05, 4.69) is 48.9 Å². The van der Waals surface area contributed by atoms with E-state index in [-0.39, 0.29) is 0 Å². The molecule has 27 heavy (non-hydrogen) atoms. The first-order valence-corrected chi connectivity index (χ1v) is 12.2. The van der Waals surface area contributed by atoms with E-state index in [0.29, 0.717) is 11.1 Å². The minimum Gasteiger partial charge on any atom is -0.199 e. The van der Waals surface area contributed by atoms with Gasteiger partial charge in [-0.05, 0) is 58.5 Å². The van der Waals surface area contributed by atoms with E-state index in [1.54, 1.807) is 6.07 Å². The highest BCUT2D eigenvalue weighted by molar-refractivity contribution is 7.04. The van der Waals surface area contributed by atoms with E-state index >= 15 is 0 Å². The van der Waals surface area contributed by atoms with Crippen molar-refractivity contribution >= 4 is 18.4 Å². The molecule has 0 N–H and O–H groups in total. The summed E-state index contributed by atoms with van der Waals surface area (Å²) < 4.78 is 25.9. The van der Waals surface area contributed by atoms with Gasteiger partial charge in [0.2, 0.25) is 5.69 Å². The zero-order chi connectivity index (χ0) is 22.0. The van der Waals surface area contributed by atoms with Gasteiger partial charge in [0.15, 0.2) is 5.69 Å². The van der Waals surface area contributed by atoms with Crippen LogP contribution in [-0.2, 0) is 7.05 Å². The molecule has 0 saturated carbocycles. The molecule has 0 aliphatic carbocycles. The van der Waals surface area contributed by atoms with Crippen LogP contribution in [0, 0.1) is 32.0 Å². The van der Waals surface area contributed by atoms with Crippen molar-refractivity contribution in [3.63, 3.8) is 0 Å². The Balaban J connectivity index is 2.10. The van der Waals surface area contributed by atoms with Gasteiger partial charge in [-0.2, -0.15) is 9.83 Å². The molecule has 1 aliphatic heterocycles. The quantitative estimate of drug-likeness (QED) is 0.472. The first-order chi connectivity index (χ1) is 14.0. The topological polar surface area (TPSA) is 27.7 Å². The molecule has 0 unspecified atom stereocenters. The smallest absolute Gasteiger partial charge is 0.199 e. The van der Waals surface area contributed by atoms with Crippen LogP contribution in [0.15, 0.2) is 42.5 Å². The van der Waals surface area contributed by atoms with Crippen LogP contribution in [-0.4, -0.2) is 8.07 Å². The summed E-state index contributed by atoms with van der Waals surface area (Å²) in [5.74, 6) is 0. The van der Waals surface area contributed by atoms with Crippen LogP contribution in [0.2, 0.25) is 13.1 Å². The van der Waals surface area contributed by atoms with Crippen LogP contribution in [0.1, 0.15) is 26.5 Å². The van der Waals surface area contributed by atoms with Crippen molar-refractivity contribution in [2.75, 3.05) is 0 Å². The molecule has 0 amide bonds. The summed E-state index contributed by atoms with van der Waals surface area (Å²) in [6, 6.07) is 16.1. The molecule has 3 aromatic rings. The van der Waals surface area contributed by atoms with Gasteiger partial charge in [-0.3, -0.25) is 0 Å². The normalized spacial score (nSPS) is 15.9. The molecule has 2 heterocycles. The van der Waals surface area contributed by atoms with E-state index < -0.39 is 14.9 Å². The molecule has 2 nitrogen and oxygen atoms in total. The van der Waals surface area contributed by atoms with Gasteiger partial charge >= 0.3 is 0 Å². The van der Waals surface area contributed by atoms with E-state index in [0.717, 1.165) is 28.1 Å². The maximum atomic E-state index is 9.40. The Morgan fingerprint density at radius 1 is 1.04 bits per heavy atom. The summed E-state index contributed by atoms with van der Waals surface area (Å²) in [6.07, 6.45) is 0. The van der Waals surface area contributed by atoms with Crippen molar-refractivity contribution in [2.24, 2.45) is 7.05 Å². The second kappa shape index (κ2) is 5.90. The third-order valence-corrected chi connectivity index (χ3v) is 9.51. The lowest BCUT2D eigenvalue weighted by Crippen LogP contribution is -2.51. The first kappa shape index (κ1) is 14.4. The highest BCUT2D eigenvalue weighted by atomic mass is 28.3. The van der Waals surface area contributed by atoms with Crippen molar-refractivity contribution in [1.82, 2.24) is 0 Å². The number of pyridine rings is 1. The third kappa shape index (κ3) is 2.48. The van der Waals surface area contributed by atoms with Gasteiger partial charge < -0.3 is 0 Å². The van der Waals surface area contributed by atoms with Gasteiger partial charge in [-0.25, -0.2) is 0 Å². The lowest BCUT2D eigenvalue weighted by Gasteiger charge is -2.22. The number of rotatable bonds is 1. The number of hydrogen-bond acceptors (Lipinski definition) is 1. The number of nitriles is 1. The second-order valence-corrected chi connectivity index (χ2v) is 12.3. The maximum Gasteiger partial charge on any atom is 0.212 e. The standard InChI is InChI=1S/C24H25N2Si/c1-15-11-17(3)26(4)21(12-15)23-16(2)7-9-19-20-13-18(14-25)8-10-22(20)27(5,6)24(19)23/h7-13H,1-6H3/q+1/i1D3. The number of benzene rings is 2. The zero-order valence-electron chi connectivity index (χ0n) is 19.4. The van der Waals surface area contributed by atoms with Crippen molar-refractivity contribution < 1.29 is 8.68 Å².